The molecule has 0 bridgehead atoms. The summed E-state index contributed by atoms with van der Waals surface area (Å²) in [5.41, 5.74) is 6.26. The van der Waals surface area contributed by atoms with E-state index in [1.165, 1.54) is 6.20 Å². The first kappa shape index (κ1) is 14.0. The zero-order valence-corrected chi connectivity index (χ0v) is 11.7. The monoisotopic (exact) mass is 292 g/mol. The SMILES string of the molecule is CN(C)c1nc(N)c(C(=O)Nc2cccnc2)nc1Cl. The first-order valence-electron chi connectivity index (χ1n) is 5.70. The van der Waals surface area contributed by atoms with Crippen molar-refractivity contribution in [1.29, 1.82) is 0 Å². The van der Waals surface area contributed by atoms with Gasteiger partial charge in [-0.15, -0.1) is 0 Å². The van der Waals surface area contributed by atoms with Crippen LogP contribution in [0.5, 0.6) is 0 Å². The molecule has 2 rings (SSSR count). The molecule has 0 saturated heterocycles. The summed E-state index contributed by atoms with van der Waals surface area (Å²) in [5, 5.41) is 2.73. The van der Waals surface area contributed by atoms with Crippen LogP contribution in [0.25, 0.3) is 0 Å². The number of nitrogen functional groups attached to an aromatic ring is 1. The first-order chi connectivity index (χ1) is 9.49. The molecule has 0 spiro atoms. The zero-order valence-electron chi connectivity index (χ0n) is 11.0. The van der Waals surface area contributed by atoms with Gasteiger partial charge in [-0.1, -0.05) is 11.6 Å². The topological polar surface area (TPSA) is 97.0 Å². The fraction of sp³-hybridized carbons (Fsp3) is 0.167. The molecule has 0 fully saturated rings. The molecule has 2 heterocycles. The molecule has 2 aromatic heterocycles. The van der Waals surface area contributed by atoms with Gasteiger partial charge >= 0.3 is 0 Å². The molecule has 0 aliphatic heterocycles. The Balaban J connectivity index is 2.29. The van der Waals surface area contributed by atoms with Gasteiger partial charge in [0.1, 0.15) is 0 Å². The molecule has 0 atom stereocenters. The van der Waals surface area contributed by atoms with Crippen LogP contribution in [0.3, 0.4) is 0 Å². The van der Waals surface area contributed by atoms with Crippen molar-refractivity contribution in [2.45, 2.75) is 0 Å². The number of carbonyl (C=O) groups excluding carboxylic acids is 1. The number of aromatic nitrogens is 3. The maximum Gasteiger partial charge on any atom is 0.278 e. The summed E-state index contributed by atoms with van der Waals surface area (Å²) in [4.78, 5) is 25.7. The number of pyridine rings is 1. The van der Waals surface area contributed by atoms with Crippen molar-refractivity contribution in [2.24, 2.45) is 0 Å². The molecule has 0 aliphatic rings. The molecule has 0 radical (unpaired) electrons. The third kappa shape index (κ3) is 2.94. The highest BCUT2D eigenvalue weighted by atomic mass is 35.5. The van der Waals surface area contributed by atoms with Gasteiger partial charge in [-0.2, -0.15) is 0 Å². The number of carbonyl (C=O) groups is 1. The van der Waals surface area contributed by atoms with Gasteiger partial charge in [0, 0.05) is 20.3 Å². The van der Waals surface area contributed by atoms with E-state index in [2.05, 4.69) is 20.3 Å². The quantitative estimate of drug-likeness (QED) is 0.888. The average molecular weight is 293 g/mol. The van der Waals surface area contributed by atoms with Crippen molar-refractivity contribution in [2.75, 3.05) is 30.0 Å². The Morgan fingerprint density at radius 1 is 1.40 bits per heavy atom. The van der Waals surface area contributed by atoms with E-state index in [1.54, 1.807) is 37.3 Å². The average Bonchev–Trinajstić information content (AvgIpc) is 2.41. The van der Waals surface area contributed by atoms with Crippen molar-refractivity contribution in [3.8, 4) is 0 Å². The Kier molecular flexibility index (Phi) is 3.99. The van der Waals surface area contributed by atoms with Crippen LogP contribution >= 0.6 is 11.6 Å². The summed E-state index contributed by atoms with van der Waals surface area (Å²) < 4.78 is 0. The predicted octanol–water partition coefficient (Wildman–Crippen LogP) is 1.43. The fourth-order valence-corrected chi connectivity index (χ4v) is 1.79. The Labute approximate surface area is 120 Å². The lowest BCUT2D eigenvalue weighted by atomic mass is 10.3. The summed E-state index contributed by atoms with van der Waals surface area (Å²) >= 11 is 5.98. The number of hydrogen-bond acceptors (Lipinski definition) is 6. The van der Waals surface area contributed by atoms with Crippen molar-refractivity contribution in [3.63, 3.8) is 0 Å². The molecule has 0 aromatic carbocycles. The van der Waals surface area contributed by atoms with E-state index in [0.717, 1.165) is 0 Å². The van der Waals surface area contributed by atoms with Crippen LogP contribution in [0, 0.1) is 0 Å². The minimum Gasteiger partial charge on any atom is -0.382 e. The molecular formula is C12H13ClN6O. The normalized spacial score (nSPS) is 10.2. The molecule has 20 heavy (non-hydrogen) atoms. The lowest BCUT2D eigenvalue weighted by Crippen LogP contribution is -2.20. The van der Waals surface area contributed by atoms with Gasteiger partial charge in [0.15, 0.2) is 22.5 Å². The molecule has 3 N–H and O–H groups in total. The van der Waals surface area contributed by atoms with Gasteiger partial charge in [0.25, 0.3) is 5.91 Å². The smallest absolute Gasteiger partial charge is 0.278 e. The van der Waals surface area contributed by atoms with Crippen LogP contribution in [-0.2, 0) is 0 Å². The van der Waals surface area contributed by atoms with E-state index < -0.39 is 5.91 Å². The van der Waals surface area contributed by atoms with Crippen molar-refractivity contribution < 1.29 is 4.79 Å². The lowest BCUT2D eigenvalue weighted by Gasteiger charge is -2.14. The number of rotatable bonds is 3. The van der Waals surface area contributed by atoms with Crippen LogP contribution in [-0.4, -0.2) is 35.0 Å². The first-order valence-corrected chi connectivity index (χ1v) is 6.08. The summed E-state index contributed by atoms with van der Waals surface area (Å²) in [6.07, 6.45) is 3.11. The van der Waals surface area contributed by atoms with E-state index in [4.69, 9.17) is 17.3 Å². The van der Waals surface area contributed by atoms with Gasteiger partial charge in [-0.3, -0.25) is 9.78 Å². The minimum atomic E-state index is -0.491. The Bertz CT molecular complexity index is 631. The number of nitrogens with two attached hydrogens (primary N) is 1. The Morgan fingerprint density at radius 3 is 2.75 bits per heavy atom. The Morgan fingerprint density at radius 2 is 2.15 bits per heavy atom. The summed E-state index contributed by atoms with van der Waals surface area (Å²) in [6.45, 7) is 0. The summed E-state index contributed by atoms with van der Waals surface area (Å²) in [6, 6.07) is 3.40. The van der Waals surface area contributed by atoms with E-state index in [0.29, 0.717) is 11.5 Å². The second-order valence-corrected chi connectivity index (χ2v) is 4.52. The van der Waals surface area contributed by atoms with Gasteiger partial charge in [-0.05, 0) is 12.1 Å². The fourth-order valence-electron chi connectivity index (χ4n) is 1.50. The van der Waals surface area contributed by atoms with Gasteiger partial charge in [0.05, 0.1) is 11.9 Å². The van der Waals surface area contributed by atoms with Crippen LogP contribution in [0.1, 0.15) is 10.5 Å². The highest BCUT2D eigenvalue weighted by molar-refractivity contribution is 6.32. The van der Waals surface area contributed by atoms with E-state index in [1.807, 2.05) is 0 Å². The number of nitrogens with one attached hydrogen (secondary N) is 1. The molecule has 0 saturated carbocycles. The molecule has 7 nitrogen and oxygen atoms in total. The molecule has 0 aliphatic carbocycles. The standard InChI is InChI=1S/C12H13ClN6O/c1-19(2)11-9(13)17-8(10(14)18-11)12(20)16-7-4-3-5-15-6-7/h3-6H,1-2H3,(H2,14,18)(H,16,20). The number of halogens is 1. The highest BCUT2D eigenvalue weighted by Crippen LogP contribution is 2.23. The number of hydrogen-bond donors (Lipinski definition) is 2. The predicted molar refractivity (Wildman–Crippen MR) is 78.0 cm³/mol. The molecule has 0 unspecified atom stereocenters. The van der Waals surface area contributed by atoms with Crippen LogP contribution in [0.2, 0.25) is 5.15 Å². The molecule has 8 heteroatoms. The second-order valence-electron chi connectivity index (χ2n) is 4.16. The number of nitrogens with zero attached hydrogens (tertiary/aromatic N) is 4. The molecule has 104 valence electrons. The lowest BCUT2D eigenvalue weighted by molar-refractivity contribution is 0.102. The maximum atomic E-state index is 12.1. The highest BCUT2D eigenvalue weighted by Gasteiger charge is 2.18. The van der Waals surface area contributed by atoms with Crippen molar-refractivity contribution in [3.05, 3.63) is 35.4 Å². The van der Waals surface area contributed by atoms with E-state index >= 15 is 0 Å². The third-order valence-electron chi connectivity index (χ3n) is 2.42. The van der Waals surface area contributed by atoms with Gasteiger partial charge in [0.2, 0.25) is 0 Å². The van der Waals surface area contributed by atoms with Crippen molar-refractivity contribution in [1.82, 2.24) is 15.0 Å². The van der Waals surface area contributed by atoms with Crippen molar-refractivity contribution >= 4 is 34.8 Å². The van der Waals surface area contributed by atoms with E-state index in [-0.39, 0.29) is 16.7 Å². The van der Waals surface area contributed by atoms with Crippen LogP contribution < -0.4 is 16.0 Å². The summed E-state index contributed by atoms with van der Waals surface area (Å²) in [5.74, 6) is -0.0724. The number of anilines is 3. The maximum absolute atomic E-state index is 12.1. The second kappa shape index (κ2) is 5.70. The summed E-state index contributed by atoms with van der Waals surface area (Å²) in [7, 11) is 3.51. The van der Waals surface area contributed by atoms with Crippen LogP contribution in [0.15, 0.2) is 24.5 Å². The number of amides is 1. The minimum absolute atomic E-state index is 0.0134. The molecular weight excluding hydrogens is 280 g/mol. The third-order valence-corrected chi connectivity index (χ3v) is 2.68. The van der Waals surface area contributed by atoms with E-state index in [9.17, 15) is 4.79 Å². The molecule has 2 aromatic rings. The zero-order chi connectivity index (χ0) is 14.7. The van der Waals surface area contributed by atoms with Gasteiger partial charge in [-0.25, -0.2) is 9.97 Å². The largest absolute Gasteiger partial charge is 0.382 e. The molecule has 1 amide bonds. The van der Waals surface area contributed by atoms with Gasteiger partial charge < -0.3 is 16.0 Å². The van der Waals surface area contributed by atoms with Crippen LogP contribution in [0.4, 0.5) is 17.3 Å². The Hall–Kier alpha value is -2.41.